The van der Waals surface area contributed by atoms with E-state index >= 15 is 0 Å². The zero-order chi connectivity index (χ0) is 14.4. The number of nitrogens with two attached hydrogens (primary N) is 1. The van der Waals surface area contributed by atoms with E-state index in [0.717, 1.165) is 30.9 Å². The first kappa shape index (κ1) is 14.8. The third-order valence-electron chi connectivity index (χ3n) is 3.68. The molecule has 0 saturated carbocycles. The second-order valence-corrected chi connectivity index (χ2v) is 5.51. The van der Waals surface area contributed by atoms with E-state index in [0.29, 0.717) is 0 Å². The summed E-state index contributed by atoms with van der Waals surface area (Å²) in [4.78, 5) is 7.95. The fourth-order valence-corrected chi connectivity index (χ4v) is 2.44. The number of imidazole rings is 1. The third-order valence-corrected chi connectivity index (χ3v) is 3.68. The molecule has 3 heteroatoms. The minimum absolute atomic E-state index is 0.803. The van der Waals surface area contributed by atoms with Crippen molar-refractivity contribution in [3.05, 3.63) is 41.3 Å². The topological polar surface area (TPSA) is 54.7 Å². The summed E-state index contributed by atoms with van der Waals surface area (Å²) in [5.41, 5.74) is 10.4. The molecule has 108 valence electrons. The van der Waals surface area contributed by atoms with Crippen molar-refractivity contribution in [1.29, 1.82) is 0 Å². The van der Waals surface area contributed by atoms with Gasteiger partial charge in [0, 0.05) is 12.0 Å². The second kappa shape index (κ2) is 7.25. The van der Waals surface area contributed by atoms with E-state index in [2.05, 4.69) is 42.0 Å². The molecule has 0 radical (unpaired) electrons. The number of benzene rings is 1. The van der Waals surface area contributed by atoms with Gasteiger partial charge in [0.25, 0.3) is 0 Å². The normalized spacial score (nSPS) is 10.9. The number of aryl methyl sites for hydroxylation is 3. The van der Waals surface area contributed by atoms with Gasteiger partial charge in [-0.2, -0.15) is 0 Å². The molecule has 0 fully saturated rings. The summed E-state index contributed by atoms with van der Waals surface area (Å²) in [6.07, 6.45) is 7.75. The van der Waals surface area contributed by atoms with Crippen LogP contribution in [0.2, 0.25) is 0 Å². The average molecular weight is 271 g/mol. The number of H-pyrrole nitrogens is 1. The first-order chi connectivity index (χ1) is 9.70. The maximum Gasteiger partial charge on any atom is 0.106 e. The van der Waals surface area contributed by atoms with Gasteiger partial charge in [0.05, 0.1) is 11.9 Å². The first-order valence-electron chi connectivity index (χ1n) is 7.52. The van der Waals surface area contributed by atoms with Crippen LogP contribution in [0.5, 0.6) is 0 Å². The Balaban J connectivity index is 1.96. The number of rotatable bonds is 7. The highest BCUT2D eigenvalue weighted by Gasteiger charge is 2.06. The van der Waals surface area contributed by atoms with E-state index in [1.807, 2.05) is 6.20 Å². The highest BCUT2D eigenvalue weighted by Crippen LogP contribution is 2.23. The van der Waals surface area contributed by atoms with Crippen LogP contribution in [0, 0.1) is 13.8 Å². The van der Waals surface area contributed by atoms with E-state index < -0.39 is 0 Å². The van der Waals surface area contributed by atoms with Gasteiger partial charge in [-0.3, -0.25) is 0 Å². The van der Waals surface area contributed by atoms with Crippen LogP contribution < -0.4 is 5.73 Å². The monoisotopic (exact) mass is 271 g/mol. The van der Waals surface area contributed by atoms with Gasteiger partial charge in [0.2, 0.25) is 0 Å². The Morgan fingerprint density at radius 2 is 1.90 bits per heavy atom. The first-order valence-corrected chi connectivity index (χ1v) is 7.52. The number of nitrogens with one attached hydrogen (secondary N) is 1. The summed E-state index contributed by atoms with van der Waals surface area (Å²) < 4.78 is 0. The van der Waals surface area contributed by atoms with Gasteiger partial charge in [0.1, 0.15) is 5.82 Å². The Morgan fingerprint density at radius 1 is 1.10 bits per heavy atom. The molecule has 0 unspecified atom stereocenters. The van der Waals surface area contributed by atoms with Crippen LogP contribution in [0.1, 0.15) is 42.6 Å². The van der Waals surface area contributed by atoms with Crippen LogP contribution in [0.4, 0.5) is 0 Å². The van der Waals surface area contributed by atoms with Crippen LogP contribution in [0.15, 0.2) is 24.4 Å². The summed E-state index contributed by atoms with van der Waals surface area (Å²) in [7, 11) is 0. The smallest absolute Gasteiger partial charge is 0.106 e. The van der Waals surface area contributed by atoms with Crippen LogP contribution >= 0.6 is 0 Å². The van der Waals surface area contributed by atoms with Gasteiger partial charge in [-0.15, -0.1) is 0 Å². The van der Waals surface area contributed by atoms with Gasteiger partial charge in [-0.25, -0.2) is 4.98 Å². The number of unbranched alkanes of at least 4 members (excludes halogenated alkanes) is 3. The third kappa shape index (κ3) is 3.94. The molecule has 3 nitrogen and oxygen atoms in total. The van der Waals surface area contributed by atoms with Gasteiger partial charge in [0.15, 0.2) is 0 Å². The molecule has 1 aromatic heterocycles. The lowest BCUT2D eigenvalue weighted by Gasteiger charge is -2.04. The molecule has 1 heterocycles. The van der Waals surface area contributed by atoms with Crippen molar-refractivity contribution in [3.8, 4) is 11.3 Å². The van der Waals surface area contributed by atoms with E-state index in [-0.39, 0.29) is 0 Å². The SMILES string of the molecule is Cc1ccc(C)c(-c2cnc(CCCCCCN)[nH]2)c1. The maximum absolute atomic E-state index is 5.50. The zero-order valence-corrected chi connectivity index (χ0v) is 12.6. The van der Waals surface area contributed by atoms with Gasteiger partial charge in [-0.1, -0.05) is 30.5 Å². The Labute approximate surface area is 121 Å². The van der Waals surface area contributed by atoms with Gasteiger partial charge >= 0.3 is 0 Å². The number of hydrogen-bond acceptors (Lipinski definition) is 2. The quantitative estimate of drug-likeness (QED) is 0.753. The van der Waals surface area contributed by atoms with Crippen molar-refractivity contribution in [2.45, 2.75) is 46.0 Å². The molecular formula is C17H25N3. The lowest BCUT2D eigenvalue weighted by atomic mass is 10.0. The zero-order valence-electron chi connectivity index (χ0n) is 12.6. The van der Waals surface area contributed by atoms with E-state index in [9.17, 15) is 0 Å². The summed E-state index contributed by atoms with van der Waals surface area (Å²) in [5, 5.41) is 0. The molecule has 0 spiro atoms. The fourth-order valence-electron chi connectivity index (χ4n) is 2.44. The van der Waals surface area contributed by atoms with Crippen LogP contribution in [-0.4, -0.2) is 16.5 Å². The van der Waals surface area contributed by atoms with Crippen molar-refractivity contribution in [3.63, 3.8) is 0 Å². The average Bonchev–Trinajstić information content (AvgIpc) is 2.90. The molecule has 0 aliphatic carbocycles. The summed E-state index contributed by atoms with van der Waals surface area (Å²) >= 11 is 0. The lowest BCUT2D eigenvalue weighted by molar-refractivity contribution is 0.638. The van der Waals surface area contributed by atoms with Crippen molar-refractivity contribution < 1.29 is 0 Å². The molecular weight excluding hydrogens is 246 g/mol. The highest BCUT2D eigenvalue weighted by molar-refractivity contribution is 5.63. The van der Waals surface area contributed by atoms with Crippen molar-refractivity contribution in [2.75, 3.05) is 6.54 Å². The largest absolute Gasteiger partial charge is 0.342 e. The number of nitrogens with zero attached hydrogens (tertiary/aromatic N) is 1. The summed E-state index contributed by atoms with van der Waals surface area (Å²) in [5.74, 6) is 1.09. The molecule has 0 aliphatic heterocycles. The van der Waals surface area contributed by atoms with Crippen molar-refractivity contribution in [2.24, 2.45) is 5.73 Å². The Hall–Kier alpha value is -1.61. The van der Waals surface area contributed by atoms with E-state index in [1.165, 1.54) is 36.0 Å². The minimum Gasteiger partial charge on any atom is -0.342 e. The molecule has 0 saturated heterocycles. The predicted molar refractivity (Wildman–Crippen MR) is 84.7 cm³/mol. The van der Waals surface area contributed by atoms with Crippen molar-refractivity contribution in [1.82, 2.24) is 9.97 Å². The van der Waals surface area contributed by atoms with E-state index in [4.69, 9.17) is 5.73 Å². The molecule has 1 aromatic carbocycles. The molecule has 3 N–H and O–H groups in total. The molecule has 0 aliphatic rings. The molecule has 2 aromatic rings. The van der Waals surface area contributed by atoms with Crippen LogP contribution in [0.3, 0.4) is 0 Å². The minimum atomic E-state index is 0.803. The van der Waals surface area contributed by atoms with Crippen molar-refractivity contribution >= 4 is 0 Å². The number of hydrogen-bond donors (Lipinski definition) is 2. The van der Waals surface area contributed by atoms with Gasteiger partial charge in [-0.05, 0) is 44.9 Å². The summed E-state index contributed by atoms with van der Waals surface area (Å²) in [6, 6.07) is 6.53. The Bertz CT molecular complexity index is 543. The fraction of sp³-hybridized carbons (Fsp3) is 0.471. The maximum atomic E-state index is 5.50. The molecule has 0 atom stereocenters. The standard InChI is InChI=1S/C17H25N3/c1-13-8-9-14(2)15(11-13)16-12-19-17(20-16)7-5-3-4-6-10-18/h8-9,11-12H,3-7,10,18H2,1-2H3,(H,19,20). The number of aromatic nitrogens is 2. The molecule has 2 rings (SSSR count). The molecule has 0 bridgehead atoms. The van der Waals surface area contributed by atoms with E-state index in [1.54, 1.807) is 0 Å². The Morgan fingerprint density at radius 3 is 2.70 bits per heavy atom. The highest BCUT2D eigenvalue weighted by atomic mass is 14.9. The molecule has 0 amide bonds. The van der Waals surface area contributed by atoms with Crippen LogP contribution in [0.25, 0.3) is 11.3 Å². The summed E-state index contributed by atoms with van der Waals surface area (Å²) in [6.45, 7) is 5.07. The predicted octanol–water partition coefficient (Wildman–Crippen LogP) is 3.76. The van der Waals surface area contributed by atoms with Gasteiger partial charge < -0.3 is 10.7 Å². The lowest BCUT2D eigenvalue weighted by Crippen LogP contribution is -1.98. The van der Waals surface area contributed by atoms with Crippen LogP contribution in [-0.2, 0) is 6.42 Å². The Kier molecular flexibility index (Phi) is 5.36. The molecule has 20 heavy (non-hydrogen) atoms. The second-order valence-electron chi connectivity index (χ2n) is 5.51. The number of aromatic amines is 1.